The second kappa shape index (κ2) is 20.0. The molecule has 0 aromatic carbocycles. The van der Waals surface area contributed by atoms with Crippen LogP contribution >= 0.6 is 8.53 Å². The van der Waals surface area contributed by atoms with Crippen molar-refractivity contribution in [3.05, 3.63) is 0 Å². The van der Waals surface area contributed by atoms with E-state index in [2.05, 4.69) is 47.3 Å². The van der Waals surface area contributed by atoms with Gasteiger partial charge in [0.25, 0.3) is 8.53 Å². The highest BCUT2D eigenvalue weighted by Crippen LogP contribution is 2.50. The van der Waals surface area contributed by atoms with Crippen LogP contribution in [0, 0.1) is 0 Å². The van der Waals surface area contributed by atoms with E-state index in [-0.39, 0.29) is 49.5 Å². The number of rotatable bonds is 18. The van der Waals surface area contributed by atoms with Gasteiger partial charge in [-0.2, -0.15) is 0 Å². The summed E-state index contributed by atoms with van der Waals surface area (Å²) in [5.74, 6) is 0. The summed E-state index contributed by atoms with van der Waals surface area (Å²) in [7, 11) is 9.56. The van der Waals surface area contributed by atoms with Gasteiger partial charge in [-0.15, -0.1) is 0 Å². The molecule has 1 N–H and O–H groups in total. The molecule has 36 heavy (non-hydrogen) atoms. The Hall–Kier alpha value is 0.0300. The highest BCUT2D eigenvalue weighted by Gasteiger charge is 2.45. The number of nitrogens with zero attached hydrogens (tertiary/aromatic N) is 3. The number of methoxy groups -OCH3 is 1. The summed E-state index contributed by atoms with van der Waals surface area (Å²) in [5.41, 5.74) is 0. The quantitative estimate of drug-likeness (QED) is 0.205. The first kappa shape index (κ1) is 32.2. The van der Waals surface area contributed by atoms with Crippen molar-refractivity contribution in [1.29, 1.82) is 1.43 Å². The number of aliphatic hydroxyl groups is 1. The van der Waals surface area contributed by atoms with E-state index in [1.165, 1.54) is 7.11 Å². The molecule has 0 amide bonds. The lowest BCUT2D eigenvalue weighted by Crippen LogP contribution is -2.40. The molecule has 0 aromatic heterocycles. The predicted octanol–water partition coefficient (Wildman–Crippen LogP) is 2.69. The van der Waals surface area contributed by atoms with Crippen LogP contribution in [0.3, 0.4) is 0 Å². The van der Waals surface area contributed by atoms with E-state index in [9.17, 15) is 0 Å². The first-order valence-corrected chi connectivity index (χ1v) is 13.9. The van der Waals surface area contributed by atoms with Crippen molar-refractivity contribution < 1.29 is 34.5 Å². The molecule has 1 saturated heterocycles. The zero-order chi connectivity index (χ0) is 29.3. The van der Waals surface area contributed by atoms with Crippen LogP contribution in [0.15, 0.2) is 0 Å². The van der Waals surface area contributed by atoms with Crippen LogP contribution in [-0.4, -0.2) is 146 Å². The summed E-state index contributed by atoms with van der Waals surface area (Å²) >= 11 is 0. The van der Waals surface area contributed by atoms with E-state index >= 15 is 0 Å². The maximum absolute atomic E-state index is 7.99. The molecule has 10 nitrogen and oxygen atoms in total. The maximum Gasteiger partial charge on any atom is 0.260 e. The third kappa shape index (κ3) is 13.7. The number of likely N-dealkylation sites (N-methyl/N-ethyl adjacent to an activating group) is 2. The molecule has 0 saturated carbocycles. The molecule has 11 heteroatoms. The highest BCUT2D eigenvalue weighted by molar-refractivity contribution is 7.44. The second-order valence-electron chi connectivity index (χ2n) is 9.94. The monoisotopic (exact) mass is 544 g/mol. The summed E-state index contributed by atoms with van der Waals surface area (Å²) in [6, 6.07) is 0.391. The number of hydrogen-bond donors (Lipinski definition) is 1. The lowest BCUT2D eigenvalue weighted by atomic mass is 10.1. The standard InChI is InChI=1S/C24H52N3O6P.CH4O/c1-18(2)27(19(3)4)34(33-24-21(6)31-20(5)23(24)28-11)32-22(16-29-14-12-25(7)8)17-30-15-13-26(9)10;1-2/h18-24H,12-17H2,1-11H3;2H,1H3/t20-,21+,23+,24?,34?;/m0./s1/i6D;2T. The van der Waals surface area contributed by atoms with Crippen LogP contribution in [0.1, 0.15) is 42.9 Å². The van der Waals surface area contributed by atoms with Gasteiger partial charge >= 0.3 is 0 Å². The third-order valence-corrected chi connectivity index (χ3v) is 7.69. The number of aliphatic hydroxyl groups excluding tert-OH is 1. The third-order valence-electron chi connectivity index (χ3n) is 5.49. The maximum atomic E-state index is 7.99. The van der Waals surface area contributed by atoms with Gasteiger partial charge in [-0.25, -0.2) is 4.67 Å². The molecular weight excluding hydrogens is 485 g/mol. The zero-order valence-corrected chi connectivity index (χ0v) is 25.5. The Bertz CT molecular complexity index is 547. The van der Waals surface area contributed by atoms with E-state index < -0.39 is 8.53 Å². The summed E-state index contributed by atoms with van der Waals surface area (Å²) in [6.07, 6.45) is -1.45. The van der Waals surface area contributed by atoms with Crippen LogP contribution in [0.5, 0.6) is 0 Å². The first-order chi connectivity index (χ1) is 17.9. The van der Waals surface area contributed by atoms with Gasteiger partial charge in [0.1, 0.15) is 18.3 Å². The molecule has 2 unspecified atom stereocenters. The fraction of sp³-hybridized carbons (Fsp3) is 1.00. The minimum absolute atomic E-state index is 0.103. The van der Waals surface area contributed by atoms with Gasteiger partial charge in [-0.1, -0.05) is 0 Å². The van der Waals surface area contributed by atoms with Crippen LogP contribution in [0.25, 0.3) is 0 Å². The zero-order valence-electron chi connectivity index (χ0n) is 26.6. The average molecular weight is 545 g/mol. The molecule has 1 fully saturated rings. The highest BCUT2D eigenvalue weighted by atomic mass is 31.2. The SMILES string of the molecule is [2H]C[C@H]1O[C@@H](C)[C@@H](OC)C1OP(OC(COCCN(C)C)COCCN(C)C)N(C(C)C)C(C)C.[3H]OC. The van der Waals surface area contributed by atoms with E-state index in [0.717, 1.165) is 13.1 Å². The Balaban J connectivity index is 0.00000434. The fourth-order valence-electron chi connectivity index (χ4n) is 3.73. The molecule has 0 aliphatic carbocycles. The molecule has 0 radical (unpaired) electrons. The van der Waals surface area contributed by atoms with Crippen molar-refractivity contribution >= 4 is 8.53 Å². The molecule has 1 rings (SSSR count). The smallest absolute Gasteiger partial charge is 0.260 e. The Morgan fingerprint density at radius 1 is 0.972 bits per heavy atom. The van der Waals surface area contributed by atoms with E-state index in [4.69, 9.17) is 30.8 Å². The molecule has 1 aliphatic rings. The van der Waals surface area contributed by atoms with Crippen LogP contribution < -0.4 is 0 Å². The van der Waals surface area contributed by atoms with Crippen molar-refractivity contribution in [2.45, 2.75) is 84.1 Å². The largest absolute Gasteiger partial charge is 0.400 e. The normalized spacial score (nSPS) is 24.1. The van der Waals surface area contributed by atoms with Crippen molar-refractivity contribution in [3.8, 4) is 0 Å². The van der Waals surface area contributed by atoms with Crippen LogP contribution in [-0.2, 0) is 28.0 Å². The minimum Gasteiger partial charge on any atom is -0.400 e. The Kier molecular flexibility index (Phi) is 17.9. The summed E-state index contributed by atoms with van der Waals surface area (Å²) in [5, 5.41) is 3.50. The minimum atomic E-state index is -1.49. The summed E-state index contributed by atoms with van der Waals surface area (Å²) < 4.78 is 52.9. The number of ether oxygens (including phenoxy) is 4. The molecule has 218 valence electrons. The topological polar surface area (TPSA) is 85.3 Å². The molecular formula is C25H56N3O7P. The Morgan fingerprint density at radius 2 is 1.47 bits per heavy atom. The molecule has 1 heterocycles. The van der Waals surface area contributed by atoms with Crippen molar-refractivity contribution in [2.75, 3.05) is 81.9 Å². The van der Waals surface area contributed by atoms with Crippen LogP contribution in [0.2, 0.25) is 0 Å². The van der Waals surface area contributed by atoms with Gasteiger partial charge in [0, 0.05) is 40.8 Å². The predicted molar refractivity (Wildman–Crippen MR) is 146 cm³/mol. The molecule has 0 bridgehead atoms. The molecule has 5 atom stereocenters. The van der Waals surface area contributed by atoms with Gasteiger partial charge in [-0.3, -0.25) is 0 Å². The summed E-state index contributed by atoms with van der Waals surface area (Å²) in [4.78, 5) is 4.18. The van der Waals surface area contributed by atoms with Gasteiger partial charge in [-0.05, 0) is 69.7 Å². The van der Waals surface area contributed by atoms with Crippen molar-refractivity contribution in [3.63, 3.8) is 0 Å². The fourth-order valence-corrected chi connectivity index (χ4v) is 5.60. The first-order valence-electron chi connectivity index (χ1n) is 13.9. The van der Waals surface area contributed by atoms with E-state index in [1.807, 2.05) is 35.1 Å². The van der Waals surface area contributed by atoms with Gasteiger partial charge in [0.05, 0.1) is 38.6 Å². The Morgan fingerprint density at radius 3 is 1.86 bits per heavy atom. The van der Waals surface area contributed by atoms with Crippen molar-refractivity contribution in [2.24, 2.45) is 0 Å². The second-order valence-corrected chi connectivity index (χ2v) is 11.3. The van der Waals surface area contributed by atoms with Gasteiger partial charge in [0.15, 0.2) is 0 Å². The van der Waals surface area contributed by atoms with Crippen LogP contribution in [0.4, 0.5) is 0 Å². The average Bonchev–Trinajstić information content (AvgIpc) is 3.12. The summed E-state index contributed by atoms with van der Waals surface area (Å²) in [6.45, 7) is 14.4. The van der Waals surface area contributed by atoms with E-state index in [1.54, 1.807) is 7.11 Å². The lowest BCUT2D eigenvalue weighted by Gasteiger charge is -2.39. The molecule has 0 spiro atoms. The number of hydrogen-bond acceptors (Lipinski definition) is 10. The van der Waals surface area contributed by atoms with Gasteiger partial charge in [0.2, 0.25) is 1.43 Å². The van der Waals surface area contributed by atoms with E-state index in [0.29, 0.717) is 26.4 Å². The Labute approximate surface area is 225 Å². The molecule has 0 aromatic rings. The van der Waals surface area contributed by atoms with Crippen molar-refractivity contribution in [1.82, 2.24) is 14.5 Å². The van der Waals surface area contributed by atoms with Gasteiger partial charge < -0.3 is 42.9 Å². The molecule has 1 aliphatic heterocycles. The lowest BCUT2D eigenvalue weighted by molar-refractivity contribution is -0.0328.